The molecule has 168 valence electrons. The maximum absolute atomic E-state index is 13.0. The summed E-state index contributed by atoms with van der Waals surface area (Å²) in [7, 11) is -3.54. The molecule has 0 radical (unpaired) electrons. The van der Waals surface area contributed by atoms with E-state index in [0.717, 1.165) is 24.2 Å². The summed E-state index contributed by atoms with van der Waals surface area (Å²) in [6.07, 6.45) is 1.46. The van der Waals surface area contributed by atoms with Crippen LogP contribution in [0.3, 0.4) is 0 Å². The first-order valence-electron chi connectivity index (χ1n) is 10.6. The molecule has 0 spiro atoms. The van der Waals surface area contributed by atoms with Crippen LogP contribution in [-0.2, 0) is 10.0 Å². The fourth-order valence-electron chi connectivity index (χ4n) is 3.78. The van der Waals surface area contributed by atoms with Crippen molar-refractivity contribution in [2.24, 2.45) is 0 Å². The van der Waals surface area contributed by atoms with Gasteiger partial charge in [0.15, 0.2) is 0 Å². The Morgan fingerprint density at radius 3 is 2.32 bits per heavy atom. The molecule has 31 heavy (non-hydrogen) atoms. The number of carbonyl (C=O) groups is 1. The molecule has 1 aliphatic heterocycles. The maximum atomic E-state index is 13.0. The number of hydrogen-bond acceptors (Lipinski definition) is 6. The normalized spacial score (nSPS) is 17.1. The third kappa shape index (κ3) is 5.40. The molecule has 0 saturated carbocycles. The molecule has 0 aliphatic carbocycles. The lowest BCUT2D eigenvalue weighted by atomic mass is 10.1. The zero-order valence-electron chi connectivity index (χ0n) is 18.5. The minimum absolute atomic E-state index is 0.138. The molecule has 0 bridgehead atoms. The second-order valence-electron chi connectivity index (χ2n) is 7.68. The van der Waals surface area contributed by atoms with Crippen LogP contribution in [0.1, 0.15) is 48.4 Å². The molecule has 1 unspecified atom stereocenters. The van der Waals surface area contributed by atoms with Crippen molar-refractivity contribution in [3.05, 3.63) is 47.3 Å². The van der Waals surface area contributed by atoms with Gasteiger partial charge in [-0.2, -0.15) is 4.31 Å². The van der Waals surface area contributed by atoms with E-state index in [-0.39, 0.29) is 16.9 Å². The Labute approximate surface area is 184 Å². The van der Waals surface area contributed by atoms with Crippen LogP contribution < -0.4 is 4.74 Å². The van der Waals surface area contributed by atoms with Gasteiger partial charge in [0.25, 0.3) is 5.91 Å². The number of likely N-dealkylation sites (tertiary alicyclic amines) is 1. The van der Waals surface area contributed by atoms with Gasteiger partial charge in [0.2, 0.25) is 10.0 Å². The van der Waals surface area contributed by atoms with Crippen LogP contribution in [0.25, 0.3) is 0 Å². The van der Waals surface area contributed by atoms with Crippen LogP contribution in [0, 0.1) is 13.8 Å². The first kappa shape index (κ1) is 23.1. The van der Waals surface area contributed by atoms with Crippen molar-refractivity contribution in [1.29, 1.82) is 0 Å². The second kappa shape index (κ2) is 9.74. The number of piperidine rings is 1. The first-order chi connectivity index (χ1) is 14.7. The van der Waals surface area contributed by atoms with E-state index in [4.69, 9.17) is 4.74 Å². The van der Waals surface area contributed by atoms with Gasteiger partial charge >= 0.3 is 6.01 Å². The van der Waals surface area contributed by atoms with Crippen molar-refractivity contribution in [2.45, 2.75) is 51.5 Å². The molecule has 0 N–H and O–H groups in total. The summed E-state index contributed by atoms with van der Waals surface area (Å²) in [4.78, 5) is 23.6. The van der Waals surface area contributed by atoms with E-state index in [0.29, 0.717) is 37.8 Å². The van der Waals surface area contributed by atoms with Crippen LogP contribution in [0.5, 0.6) is 6.01 Å². The number of carbonyl (C=O) groups excluding carboxylic acids is 1. The number of ether oxygens (including phenoxy) is 1. The summed E-state index contributed by atoms with van der Waals surface area (Å²) in [5.41, 5.74) is 2.14. The quantitative estimate of drug-likeness (QED) is 0.649. The SMILES string of the molecule is CCN(CC)S(=O)(=O)c1ccc(C(=O)N2CCCC(Oc3nc(C)cc(C)n3)C2)cc1. The lowest BCUT2D eigenvalue weighted by Crippen LogP contribution is -2.44. The Hall–Kier alpha value is -2.52. The molecule has 1 amide bonds. The summed E-state index contributed by atoms with van der Waals surface area (Å²) in [5, 5.41) is 0. The molecule has 2 heterocycles. The molecule has 1 saturated heterocycles. The molecular formula is C22H30N4O4S. The fraction of sp³-hybridized carbons (Fsp3) is 0.500. The van der Waals surface area contributed by atoms with Crippen molar-refractivity contribution >= 4 is 15.9 Å². The number of aromatic nitrogens is 2. The van der Waals surface area contributed by atoms with Gasteiger partial charge in [-0.15, -0.1) is 0 Å². The monoisotopic (exact) mass is 446 g/mol. The molecule has 3 rings (SSSR count). The number of hydrogen-bond donors (Lipinski definition) is 0. The number of rotatable bonds is 7. The van der Waals surface area contributed by atoms with Gasteiger partial charge in [0, 0.05) is 36.6 Å². The van der Waals surface area contributed by atoms with Crippen molar-refractivity contribution in [1.82, 2.24) is 19.2 Å². The predicted molar refractivity (Wildman–Crippen MR) is 118 cm³/mol. The van der Waals surface area contributed by atoms with Gasteiger partial charge in [-0.3, -0.25) is 4.79 Å². The lowest BCUT2D eigenvalue weighted by molar-refractivity contribution is 0.0515. The summed E-state index contributed by atoms with van der Waals surface area (Å²) < 4.78 is 32.6. The average molecular weight is 447 g/mol. The van der Waals surface area contributed by atoms with Gasteiger partial charge in [0.05, 0.1) is 11.4 Å². The summed E-state index contributed by atoms with van der Waals surface area (Å²) >= 11 is 0. The molecule has 1 fully saturated rings. The van der Waals surface area contributed by atoms with Crippen LogP contribution in [0.4, 0.5) is 0 Å². The van der Waals surface area contributed by atoms with Gasteiger partial charge < -0.3 is 9.64 Å². The van der Waals surface area contributed by atoms with Crippen LogP contribution in [0.2, 0.25) is 0 Å². The molecule has 8 nitrogen and oxygen atoms in total. The van der Waals surface area contributed by atoms with E-state index in [1.54, 1.807) is 30.9 Å². The minimum atomic E-state index is -3.54. The smallest absolute Gasteiger partial charge is 0.317 e. The zero-order valence-corrected chi connectivity index (χ0v) is 19.4. The Bertz CT molecular complexity index is 1000. The largest absolute Gasteiger partial charge is 0.458 e. The Kier molecular flexibility index (Phi) is 7.27. The summed E-state index contributed by atoms with van der Waals surface area (Å²) in [5.74, 6) is -0.138. The summed E-state index contributed by atoms with van der Waals surface area (Å²) in [6.45, 7) is 9.26. The number of benzene rings is 1. The zero-order chi connectivity index (χ0) is 22.6. The highest BCUT2D eigenvalue weighted by atomic mass is 32.2. The van der Waals surface area contributed by atoms with E-state index in [2.05, 4.69) is 9.97 Å². The maximum Gasteiger partial charge on any atom is 0.317 e. The molecule has 1 aromatic heterocycles. The fourth-order valence-corrected chi connectivity index (χ4v) is 5.24. The number of nitrogens with zero attached hydrogens (tertiary/aromatic N) is 4. The van der Waals surface area contributed by atoms with E-state index >= 15 is 0 Å². The number of sulfonamides is 1. The topological polar surface area (TPSA) is 92.7 Å². The van der Waals surface area contributed by atoms with E-state index in [9.17, 15) is 13.2 Å². The van der Waals surface area contributed by atoms with E-state index < -0.39 is 10.0 Å². The minimum Gasteiger partial charge on any atom is -0.458 e. The molecular weight excluding hydrogens is 416 g/mol. The van der Waals surface area contributed by atoms with Crippen molar-refractivity contribution < 1.29 is 17.9 Å². The van der Waals surface area contributed by atoms with Crippen molar-refractivity contribution in [3.63, 3.8) is 0 Å². The first-order valence-corrected chi connectivity index (χ1v) is 12.1. The molecule has 1 aliphatic rings. The third-order valence-corrected chi connectivity index (χ3v) is 7.41. The van der Waals surface area contributed by atoms with Gasteiger partial charge in [-0.25, -0.2) is 18.4 Å². The van der Waals surface area contributed by atoms with Gasteiger partial charge in [-0.1, -0.05) is 13.8 Å². The highest BCUT2D eigenvalue weighted by molar-refractivity contribution is 7.89. The second-order valence-corrected chi connectivity index (χ2v) is 9.62. The van der Waals surface area contributed by atoms with Crippen LogP contribution >= 0.6 is 0 Å². The molecule has 2 aromatic rings. The van der Waals surface area contributed by atoms with E-state index in [1.807, 2.05) is 19.9 Å². The van der Waals surface area contributed by atoms with Crippen LogP contribution in [-0.4, -0.2) is 65.8 Å². The standard InChI is InChI=1S/C22H30N4O4S/c1-5-26(6-2)31(28,29)20-11-9-18(10-12-20)21(27)25-13-7-8-19(15-25)30-22-23-16(3)14-17(4)24-22/h9-12,14,19H,5-8,13,15H2,1-4H3. The van der Waals surface area contributed by atoms with Gasteiger partial charge in [0.1, 0.15) is 6.10 Å². The van der Waals surface area contributed by atoms with Crippen LogP contribution in [0.15, 0.2) is 35.2 Å². The van der Waals surface area contributed by atoms with Crippen molar-refractivity contribution in [2.75, 3.05) is 26.2 Å². The Balaban J connectivity index is 1.69. The van der Waals surface area contributed by atoms with E-state index in [1.165, 1.54) is 16.4 Å². The molecule has 1 aromatic carbocycles. The van der Waals surface area contributed by atoms with Crippen molar-refractivity contribution in [3.8, 4) is 6.01 Å². The number of aryl methyl sites for hydroxylation is 2. The lowest BCUT2D eigenvalue weighted by Gasteiger charge is -2.32. The molecule has 9 heteroatoms. The van der Waals surface area contributed by atoms with Gasteiger partial charge in [-0.05, 0) is 57.0 Å². The Morgan fingerprint density at radius 2 is 1.74 bits per heavy atom. The molecule has 1 atom stereocenters. The average Bonchev–Trinajstić information content (AvgIpc) is 2.73. The number of amides is 1. The predicted octanol–water partition coefficient (Wildman–Crippen LogP) is 2.81. The highest BCUT2D eigenvalue weighted by Gasteiger charge is 2.27. The summed E-state index contributed by atoms with van der Waals surface area (Å²) in [6, 6.07) is 8.38. The highest BCUT2D eigenvalue weighted by Crippen LogP contribution is 2.20. The third-order valence-electron chi connectivity index (χ3n) is 5.34. The Morgan fingerprint density at radius 1 is 1.13 bits per heavy atom.